The predicted octanol–water partition coefficient (Wildman–Crippen LogP) is 1.04. The molecule has 6 atom stereocenters. The SMILES string of the molecule is C=C1C2CCC(C=CC(=O)C(C)(C)CCC(=O)Nc3c(OC4OC(CO)C(O)C(O)C4O)ccc(CO)c3O)(CC2)C1O. The van der Waals surface area contributed by atoms with Crippen LogP contribution < -0.4 is 10.1 Å². The molecule has 0 spiro atoms. The first-order chi connectivity index (χ1) is 20.2. The first-order valence-electron chi connectivity index (χ1n) is 14.6. The van der Waals surface area contributed by atoms with Gasteiger partial charge in [0.05, 0.1) is 19.3 Å². The van der Waals surface area contributed by atoms with Crippen molar-refractivity contribution in [1.82, 2.24) is 0 Å². The Morgan fingerprint density at radius 2 is 1.79 bits per heavy atom. The highest BCUT2D eigenvalue weighted by Crippen LogP contribution is 2.53. The van der Waals surface area contributed by atoms with E-state index in [0.29, 0.717) is 5.92 Å². The molecule has 3 saturated carbocycles. The Morgan fingerprint density at radius 3 is 2.42 bits per heavy atom. The Bertz CT molecular complexity index is 1230. The van der Waals surface area contributed by atoms with E-state index in [1.54, 1.807) is 13.8 Å². The maximum Gasteiger partial charge on any atom is 0.229 e. The number of hydrogen-bond acceptors (Lipinski definition) is 11. The van der Waals surface area contributed by atoms with Crippen LogP contribution in [0.2, 0.25) is 0 Å². The second-order valence-corrected chi connectivity index (χ2v) is 12.5. The summed E-state index contributed by atoms with van der Waals surface area (Å²) in [6, 6.07) is 2.63. The molecule has 1 amide bonds. The molecule has 4 aliphatic rings. The number of aliphatic hydroxyl groups is 6. The topological polar surface area (TPSA) is 206 Å². The van der Waals surface area contributed by atoms with E-state index < -0.39 is 72.5 Å². The summed E-state index contributed by atoms with van der Waals surface area (Å²) in [4.78, 5) is 26.2. The largest absolute Gasteiger partial charge is 0.505 e. The van der Waals surface area contributed by atoms with Gasteiger partial charge in [-0.3, -0.25) is 9.59 Å². The number of ketones is 1. The number of anilines is 1. The highest BCUT2D eigenvalue weighted by atomic mass is 16.7. The van der Waals surface area contributed by atoms with Crippen LogP contribution in [0.5, 0.6) is 11.5 Å². The quantitative estimate of drug-likeness (QED) is 0.102. The van der Waals surface area contributed by atoms with Gasteiger partial charge in [0.25, 0.3) is 0 Å². The maximum atomic E-state index is 13.2. The van der Waals surface area contributed by atoms with E-state index in [2.05, 4.69) is 11.9 Å². The van der Waals surface area contributed by atoms with Crippen molar-refractivity contribution in [2.24, 2.45) is 16.7 Å². The van der Waals surface area contributed by atoms with Crippen LogP contribution in [-0.2, 0) is 20.9 Å². The molecule has 0 aromatic heterocycles. The number of ether oxygens (including phenoxy) is 2. The lowest BCUT2D eigenvalue weighted by atomic mass is 9.57. The van der Waals surface area contributed by atoms with Crippen molar-refractivity contribution in [2.75, 3.05) is 11.9 Å². The van der Waals surface area contributed by atoms with E-state index in [9.17, 15) is 45.3 Å². The fourth-order valence-electron chi connectivity index (χ4n) is 6.12. The van der Waals surface area contributed by atoms with Gasteiger partial charge in [-0.05, 0) is 61.8 Å². The zero-order chi connectivity index (χ0) is 31.7. The number of allylic oxidation sites excluding steroid dienone is 1. The number of aliphatic hydroxyl groups excluding tert-OH is 6. The first-order valence-corrected chi connectivity index (χ1v) is 14.6. The minimum atomic E-state index is -1.73. The van der Waals surface area contributed by atoms with Gasteiger partial charge in [0.15, 0.2) is 5.78 Å². The Balaban J connectivity index is 1.43. The molecular weight excluding hydrogens is 562 g/mol. The van der Waals surface area contributed by atoms with Crippen molar-refractivity contribution in [3.8, 4) is 11.5 Å². The molecule has 1 aromatic rings. The lowest BCUT2D eigenvalue weighted by Crippen LogP contribution is -2.60. The summed E-state index contributed by atoms with van der Waals surface area (Å²) in [6.07, 6.45) is -1.77. The van der Waals surface area contributed by atoms with Crippen molar-refractivity contribution in [3.63, 3.8) is 0 Å². The van der Waals surface area contributed by atoms with E-state index >= 15 is 0 Å². The van der Waals surface area contributed by atoms with Gasteiger partial charge < -0.3 is 50.5 Å². The summed E-state index contributed by atoms with van der Waals surface area (Å²) in [5.41, 5.74) is -0.768. The van der Waals surface area contributed by atoms with E-state index in [1.807, 2.05) is 6.08 Å². The van der Waals surface area contributed by atoms with Gasteiger partial charge in [0, 0.05) is 22.8 Å². The van der Waals surface area contributed by atoms with Gasteiger partial charge in [0.1, 0.15) is 41.6 Å². The maximum absolute atomic E-state index is 13.2. The van der Waals surface area contributed by atoms with Crippen LogP contribution in [0.15, 0.2) is 36.4 Å². The van der Waals surface area contributed by atoms with Crippen LogP contribution >= 0.6 is 0 Å². The normalized spacial score (nSPS) is 32.7. The molecule has 3 aliphatic carbocycles. The van der Waals surface area contributed by atoms with Gasteiger partial charge in [-0.15, -0.1) is 0 Å². The smallest absolute Gasteiger partial charge is 0.229 e. The minimum absolute atomic E-state index is 0.0677. The molecule has 43 heavy (non-hydrogen) atoms. The highest BCUT2D eigenvalue weighted by molar-refractivity contribution is 5.97. The lowest BCUT2D eigenvalue weighted by molar-refractivity contribution is -0.277. The van der Waals surface area contributed by atoms with Gasteiger partial charge in [-0.1, -0.05) is 26.5 Å². The third kappa shape index (κ3) is 6.65. The number of fused-ring (bicyclic) bond motifs is 3. The lowest BCUT2D eigenvalue weighted by Gasteiger charge is -2.50. The third-order valence-corrected chi connectivity index (χ3v) is 9.30. The number of rotatable bonds is 11. The summed E-state index contributed by atoms with van der Waals surface area (Å²) < 4.78 is 11.0. The number of nitrogens with one attached hydrogen (secondary N) is 1. The molecule has 4 fully saturated rings. The number of amides is 1. The van der Waals surface area contributed by atoms with Crippen LogP contribution in [0, 0.1) is 16.7 Å². The molecule has 12 nitrogen and oxygen atoms in total. The van der Waals surface area contributed by atoms with Crippen molar-refractivity contribution in [1.29, 1.82) is 0 Å². The monoisotopic (exact) mass is 605 g/mol. The molecule has 6 unspecified atom stereocenters. The third-order valence-electron chi connectivity index (χ3n) is 9.30. The van der Waals surface area contributed by atoms with Crippen molar-refractivity contribution in [3.05, 3.63) is 42.0 Å². The molecule has 238 valence electrons. The molecule has 2 bridgehead atoms. The fraction of sp³-hybridized carbons (Fsp3) is 0.613. The van der Waals surface area contributed by atoms with Gasteiger partial charge >= 0.3 is 0 Å². The molecule has 1 saturated heterocycles. The molecule has 1 heterocycles. The van der Waals surface area contributed by atoms with Crippen LogP contribution in [0.3, 0.4) is 0 Å². The zero-order valence-electron chi connectivity index (χ0n) is 24.5. The van der Waals surface area contributed by atoms with Crippen LogP contribution in [0.25, 0.3) is 0 Å². The number of hydrogen-bond donors (Lipinski definition) is 8. The van der Waals surface area contributed by atoms with Gasteiger partial charge in [-0.2, -0.15) is 0 Å². The molecule has 1 aliphatic heterocycles. The summed E-state index contributed by atoms with van der Waals surface area (Å²) in [5, 5.41) is 73.6. The molecule has 0 radical (unpaired) electrons. The Morgan fingerprint density at radius 1 is 1.12 bits per heavy atom. The Hall–Kier alpha value is -2.84. The minimum Gasteiger partial charge on any atom is -0.505 e. The van der Waals surface area contributed by atoms with Gasteiger partial charge in [0.2, 0.25) is 12.2 Å². The number of aromatic hydroxyl groups is 1. The number of benzene rings is 1. The molecule has 1 aromatic carbocycles. The number of carbonyl (C=O) groups is 2. The van der Waals surface area contributed by atoms with Crippen molar-refractivity contribution < 1.29 is 54.8 Å². The molecular formula is C31H43NO11. The zero-order valence-corrected chi connectivity index (χ0v) is 24.5. The van der Waals surface area contributed by atoms with Crippen molar-refractivity contribution in [2.45, 2.75) is 95.8 Å². The standard InChI is InChI=1S/C31H43NO11/c1-16-17-6-11-31(12-7-17,28(16)41)13-8-21(35)30(2,3)10-9-22(36)32-23-19(5-4-18(14-33)24(23)37)42-29-27(40)26(39)25(38)20(15-34)43-29/h4-5,8,13,17,20,25-29,33-34,37-41H,1,6-7,9-12,14-15H2,2-3H3,(H,32,36). The van der Waals surface area contributed by atoms with Crippen LogP contribution in [0.1, 0.15) is 57.9 Å². The fourth-order valence-corrected chi connectivity index (χ4v) is 6.12. The highest BCUT2D eigenvalue weighted by Gasteiger charge is 2.48. The van der Waals surface area contributed by atoms with E-state index in [-0.39, 0.29) is 35.6 Å². The Labute approximate surface area is 250 Å². The summed E-state index contributed by atoms with van der Waals surface area (Å²) >= 11 is 0. The van der Waals surface area contributed by atoms with E-state index in [4.69, 9.17) is 9.47 Å². The van der Waals surface area contributed by atoms with E-state index in [1.165, 1.54) is 18.2 Å². The first kappa shape index (κ1) is 33.1. The number of carbonyl (C=O) groups excluding carboxylic acids is 2. The van der Waals surface area contributed by atoms with Crippen LogP contribution in [0.4, 0.5) is 5.69 Å². The summed E-state index contributed by atoms with van der Waals surface area (Å²) in [6.45, 7) is 6.25. The second kappa shape index (κ2) is 13.0. The number of phenols is 1. The predicted molar refractivity (Wildman–Crippen MR) is 154 cm³/mol. The van der Waals surface area contributed by atoms with Gasteiger partial charge in [-0.25, -0.2) is 0 Å². The summed E-state index contributed by atoms with van der Waals surface area (Å²) in [7, 11) is 0. The average molecular weight is 606 g/mol. The van der Waals surface area contributed by atoms with Crippen molar-refractivity contribution >= 4 is 17.4 Å². The molecule has 12 heteroatoms. The molecule has 8 N–H and O–H groups in total. The summed E-state index contributed by atoms with van der Waals surface area (Å²) in [5.74, 6) is -1.12. The van der Waals surface area contributed by atoms with Crippen LogP contribution in [-0.4, -0.2) is 90.9 Å². The Kier molecular flexibility index (Phi) is 10.0. The average Bonchev–Trinajstić information content (AvgIpc) is 2.99. The molecule has 5 rings (SSSR count). The van der Waals surface area contributed by atoms with E-state index in [0.717, 1.165) is 31.3 Å². The second-order valence-electron chi connectivity index (χ2n) is 12.5.